The average molecular weight is 392 g/mol. The number of rotatable bonds is 7. The van der Waals surface area contributed by atoms with E-state index in [1.807, 2.05) is 0 Å². The maximum atomic E-state index is 13.7. The predicted molar refractivity (Wildman–Crippen MR) is 99.9 cm³/mol. The van der Waals surface area contributed by atoms with Crippen LogP contribution in [-0.4, -0.2) is 34.5 Å². The first-order valence-corrected chi connectivity index (χ1v) is 10.1. The fraction of sp³-hybridized carbons (Fsp3) is 0.316. The number of ether oxygens (including phenoxy) is 1. The van der Waals surface area contributed by atoms with Crippen LogP contribution in [0.25, 0.3) is 0 Å². The van der Waals surface area contributed by atoms with Gasteiger partial charge in [-0.2, -0.15) is 0 Å². The Hall–Kier alpha value is -2.45. The van der Waals surface area contributed by atoms with Crippen molar-refractivity contribution < 1.29 is 22.3 Å². The maximum Gasteiger partial charge on any atom is 0.244 e. The molecule has 1 amide bonds. The normalized spacial score (nSPS) is 14.6. The second-order valence-electron chi connectivity index (χ2n) is 6.22. The van der Waals surface area contributed by atoms with Crippen molar-refractivity contribution in [2.24, 2.45) is 0 Å². The molecule has 6 nitrogen and oxygen atoms in total. The van der Waals surface area contributed by atoms with Crippen LogP contribution < -0.4 is 14.4 Å². The molecule has 1 fully saturated rings. The highest BCUT2D eigenvalue weighted by Crippen LogP contribution is 2.30. The Bertz CT molecular complexity index is 946. The SMILES string of the molecule is COc1ccc(N2CCCC2=O)cc1S(=O)(=O)NCCc1ccccc1F. The summed E-state index contributed by atoms with van der Waals surface area (Å²) in [6.45, 7) is 0.602. The Balaban J connectivity index is 1.80. The van der Waals surface area contributed by atoms with E-state index in [2.05, 4.69) is 4.72 Å². The molecule has 1 saturated heterocycles. The smallest absolute Gasteiger partial charge is 0.244 e. The molecule has 2 aromatic rings. The molecule has 8 heteroatoms. The highest BCUT2D eigenvalue weighted by molar-refractivity contribution is 7.89. The van der Waals surface area contributed by atoms with Crippen LogP contribution in [0, 0.1) is 5.82 Å². The molecule has 0 radical (unpaired) electrons. The van der Waals surface area contributed by atoms with Crippen molar-refractivity contribution in [1.82, 2.24) is 4.72 Å². The van der Waals surface area contributed by atoms with Gasteiger partial charge in [0.05, 0.1) is 7.11 Å². The summed E-state index contributed by atoms with van der Waals surface area (Å²) >= 11 is 0. The molecule has 3 rings (SSSR count). The zero-order valence-corrected chi connectivity index (χ0v) is 15.8. The van der Waals surface area contributed by atoms with Crippen LogP contribution in [0.4, 0.5) is 10.1 Å². The molecule has 0 aromatic heterocycles. The van der Waals surface area contributed by atoms with Gasteiger partial charge in [0.15, 0.2) is 0 Å². The second-order valence-corrected chi connectivity index (χ2v) is 7.96. The van der Waals surface area contributed by atoms with Gasteiger partial charge < -0.3 is 9.64 Å². The lowest BCUT2D eigenvalue weighted by atomic mass is 10.1. The first-order valence-electron chi connectivity index (χ1n) is 8.64. The molecule has 1 aliphatic rings. The Morgan fingerprint density at radius 2 is 2.00 bits per heavy atom. The van der Waals surface area contributed by atoms with E-state index < -0.39 is 10.0 Å². The molecule has 27 heavy (non-hydrogen) atoms. The molecular formula is C19H21FN2O4S. The number of carbonyl (C=O) groups is 1. The van der Waals surface area contributed by atoms with E-state index >= 15 is 0 Å². The van der Waals surface area contributed by atoms with E-state index in [4.69, 9.17) is 4.74 Å². The highest BCUT2D eigenvalue weighted by atomic mass is 32.2. The third kappa shape index (κ3) is 4.28. The lowest BCUT2D eigenvalue weighted by Gasteiger charge is -2.18. The van der Waals surface area contributed by atoms with Crippen LogP contribution in [0.5, 0.6) is 5.75 Å². The van der Waals surface area contributed by atoms with Gasteiger partial charge in [0.25, 0.3) is 0 Å². The van der Waals surface area contributed by atoms with E-state index in [0.717, 1.165) is 6.42 Å². The van der Waals surface area contributed by atoms with Crippen molar-refractivity contribution in [1.29, 1.82) is 0 Å². The van der Waals surface area contributed by atoms with Gasteiger partial charge in [-0.25, -0.2) is 17.5 Å². The van der Waals surface area contributed by atoms with E-state index in [-0.39, 0.29) is 35.3 Å². The molecule has 1 heterocycles. The second kappa shape index (κ2) is 8.06. The number of anilines is 1. The zero-order chi connectivity index (χ0) is 19.4. The summed E-state index contributed by atoms with van der Waals surface area (Å²) in [5.74, 6) is -0.219. The Morgan fingerprint density at radius 3 is 2.67 bits per heavy atom. The third-order valence-electron chi connectivity index (χ3n) is 4.47. The molecule has 0 unspecified atom stereocenters. The highest BCUT2D eigenvalue weighted by Gasteiger charge is 2.25. The Morgan fingerprint density at radius 1 is 1.22 bits per heavy atom. The molecule has 2 aromatic carbocycles. The first-order chi connectivity index (χ1) is 12.9. The van der Waals surface area contributed by atoms with Crippen molar-refractivity contribution in [2.75, 3.05) is 25.1 Å². The summed E-state index contributed by atoms with van der Waals surface area (Å²) in [6.07, 6.45) is 1.42. The number of nitrogens with zero attached hydrogens (tertiary/aromatic N) is 1. The van der Waals surface area contributed by atoms with Crippen LogP contribution >= 0.6 is 0 Å². The molecule has 1 N–H and O–H groups in total. The van der Waals surface area contributed by atoms with Gasteiger partial charge in [0.1, 0.15) is 16.5 Å². The monoisotopic (exact) mass is 392 g/mol. The fourth-order valence-electron chi connectivity index (χ4n) is 3.06. The van der Waals surface area contributed by atoms with Gasteiger partial charge in [0, 0.05) is 25.2 Å². The van der Waals surface area contributed by atoms with Crippen LogP contribution in [0.3, 0.4) is 0 Å². The molecule has 0 bridgehead atoms. The van der Waals surface area contributed by atoms with Gasteiger partial charge in [-0.1, -0.05) is 18.2 Å². The van der Waals surface area contributed by atoms with Crippen LogP contribution in [0.15, 0.2) is 47.4 Å². The summed E-state index contributed by atoms with van der Waals surface area (Å²) in [7, 11) is -2.51. The summed E-state index contributed by atoms with van der Waals surface area (Å²) in [5.41, 5.74) is 0.955. The minimum Gasteiger partial charge on any atom is -0.495 e. The Labute approximate surface area is 158 Å². The Kier molecular flexibility index (Phi) is 5.76. The first kappa shape index (κ1) is 19.3. The number of benzene rings is 2. The number of nitrogens with one attached hydrogen (secondary N) is 1. The molecule has 144 valence electrons. The number of carbonyl (C=O) groups excluding carboxylic acids is 1. The number of sulfonamides is 1. The topological polar surface area (TPSA) is 75.7 Å². The van der Waals surface area contributed by atoms with Gasteiger partial charge in [0.2, 0.25) is 15.9 Å². The molecule has 0 spiro atoms. The maximum absolute atomic E-state index is 13.7. The van der Waals surface area contributed by atoms with Crippen molar-refractivity contribution in [2.45, 2.75) is 24.2 Å². The number of hydrogen-bond acceptors (Lipinski definition) is 4. The molecular weight excluding hydrogens is 371 g/mol. The van der Waals surface area contributed by atoms with E-state index in [1.54, 1.807) is 29.2 Å². The van der Waals surface area contributed by atoms with Crippen LogP contribution in [0.2, 0.25) is 0 Å². The van der Waals surface area contributed by atoms with Gasteiger partial charge in [-0.05, 0) is 42.7 Å². The summed E-state index contributed by atoms with van der Waals surface area (Å²) in [5, 5.41) is 0. The largest absolute Gasteiger partial charge is 0.495 e. The molecule has 0 saturated carbocycles. The summed E-state index contributed by atoms with van der Waals surface area (Å²) in [4.78, 5) is 13.5. The average Bonchev–Trinajstić information content (AvgIpc) is 3.08. The number of hydrogen-bond donors (Lipinski definition) is 1. The molecule has 0 atom stereocenters. The molecule has 1 aliphatic heterocycles. The third-order valence-corrected chi connectivity index (χ3v) is 5.95. The molecule has 0 aliphatic carbocycles. The van der Waals surface area contributed by atoms with Gasteiger partial charge in [-0.15, -0.1) is 0 Å². The number of methoxy groups -OCH3 is 1. The van der Waals surface area contributed by atoms with Crippen LogP contribution in [0.1, 0.15) is 18.4 Å². The minimum atomic E-state index is -3.89. The van der Waals surface area contributed by atoms with E-state index in [9.17, 15) is 17.6 Å². The standard InChI is InChI=1S/C19H21FN2O4S/c1-26-17-9-8-15(22-12-4-7-19(22)23)13-18(17)27(24,25)21-11-10-14-5-2-3-6-16(14)20/h2-3,5-6,8-9,13,21H,4,7,10-12H2,1H3. The summed E-state index contributed by atoms with van der Waals surface area (Å²) in [6, 6.07) is 10.9. The minimum absolute atomic E-state index is 0.0315. The number of amides is 1. The predicted octanol–water partition coefficient (Wildman–Crippen LogP) is 2.48. The quantitative estimate of drug-likeness (QED) is 0.786. The van der Waals surface area contributed by atoms with Crippen molar-refractivity contribution in [3.8, 4) is 5.75 Å². The van der Waals surface area contributed by atoms with Crippen molar-refractivity contribution in [3.05, 3.63) is 53.8 Å². The zero-order valence-electron chi connectivity index (χ0n) is 14.9. The van der Waals surface area contributed by atoms with Gasteiger partial charge >= 0.3 is 0 Å². The van der Waals surface area contributed by atoms with Crippen molar-refractivity contribution in [3.63, 3.8) is 0 Å². The van der Waals surface area contributed by atoms with E-state index in [0.29, 0.717) is 24.2 Å². The van der Waals surface area contributed by atoms with E-state index in [1.165, 1.54) is 25.3 Å². The fourth-order valence-corrected chi connectivity index (χ4v) is 4.28. The summed E-state index contributed by atoms with van der Waals surface area (Å²) < 4.78 is 46.8. The number of halogens is 1. The van der Waals surface area contributed by atoms with Gasteiger partial charge in [-0.3, -0.25) is 4.79 Å². The lowest BCUT2D eigenvalue weighted by molar-refractivity contribution is -0.117. The van der Waals surface area contributed by atoms with Crippen LogP contribution in [-0.2, 0) is 21.2 Å². The van der Waals surface area contributed by atoms with Crippen molar-refractivity contribution >= 4 is 21.6 Å². The lowest BCUT2D eigenvalue weighted by Crippen LogP contribution is -2.28.